The van der Waals surface area contributed by atoms with Gasteiger partial charge in [-0.3, -0.25) is 9.59 Å². The third kappa shape index (κ3) is 3.50. The second-order valence-electron chi connectivity index (χ2n) is 7.14. The number of carbonyl (C=O) groups is 2. The number of methoxy groups -OCH3 is 1. The van der Waals surface area contributed by atoms with Crippen molar-refractivity contribution in [1.82, 2.24) is 15.6 Å². The highest BCUT2D eigenvalue weighted by Gasteiger charge is 2.54. The van der Waals surface area contributed by atoms with E-state index < -0.39 is 6.10 Å². The number of aromatic nitrogens is 1. The number of nitrogens with one attached hydrogen (secondary N) is 2. The van der Waals surface area contributed by atoms with Gasteiger partial charge in [0.1, 0.15) is 11.8 Å². The molecule has 7 nitrogen and oxygen atoms in total. The van der Waals surface area contributed by atoms with Crippen LogP contribution in [0.3, 0.4) is 0 Å². The predicted octanol–water partition coefficient (Wildman–Crippen LogP) is 1.55. The van der Waals surface area contributed by atoms with Gasteiger partial charge >= 0.3 is 0 Å². The highest BCUT2D eigenvalue weighted by atomic mass is 16.5. The number of rotatable bonds is 6. The summed E-state index contributed by atoms with van der Waals surface area (Å²) < 4.78 is 11.0. The molecule has 0 bridgehead atoms. The van der Waals surface area contributed by atoms with E-state index in [4.69, 9.17) is 9.47 Å². The van der Waals surface area contributed by atoms with Gasteiger partial charge in [0.05, 0.1) is 18.9 Å². The summed E-state index contributed by atoms with van der Waals surface area (Å²) in [6.07, 6.45) is -0.480. The van der Waals surface area contributed by atoms with Crippen LogP contribution in [-0.2, 0) is 9.47 Å². The lowest BCUT2D eigenvalue weighted by Crippen LogP contribution is -2.31. The molecular formula is C21H23N3O4. The van der Waals surface area contributed by atoms with Crippen LogP contribution < -0.4 is 10.6 Å². The average Bonchev–Trinajstić information content (AvgIpc) is 3.14. The fourth-order valence-electron chi connectivity index (χ4n) is 3.81. The third-order valence-corrected chi connectivity index (χ3v) is 5.42. The lowest BCUT2D eigenvalue weighted by atomic mass is 10.0. The van der Waals surface area contributed by atoms with Crippen molar-refractivity contribution in [2.24, 2.45) is 11.8 Å². The number of pyridine rings is 1. The quantitative estimate of drug-likeness (QED) is 0.793. The maximum atomic E-state index is 12.8. The van der Waals surface area contributed by atoms with Crippen LogP contribution in [0, 0.1) is 11.8 Å². The van der Waals surface area contributed by atoms with Crippen LogP contribution in [0.1, 0.15) is 38.2 Å². The molecule has 146 valence electrons. The zero-order chi connectivity index (χ0) is 19.7. The van der Waals surface area contributed by atoms with Crippen molar-refractivity contribution in [2.75, 3.05) is 27.4 Å². The minimum absolute atomic E-state index is 0.147. The standard InChI is InChI=1S/C21H23N3O4/c1-22-21(26)17-9-13(20(25)24-18-14-10-28-11-15(14)18)8-16(23-17)19(27-2)12-6-4-3-5-7-12/h3-9,14-15,18-19H,10-11H2,1-2H3,(H,22,26)(H,24,25)/t14-,15+,18?,19-/m0/s1. The van der Waals surface area contributed by atoms with Crippen molar-refractivity contribution >= 4 is 11.8 Å². The molecule has 0 radical (unpaired) electrons. The molecule has 2 aromatic rings. The van der Waals surface area contributed by atoms with E-state index in [1.807, 2.05) is 30.3 Å². The first kappa shape index (κ1) is 18.6. The monoisotopic (exact) mass is 381 g/mol. The van der Waals surface area contributed by atoms with E-state index >= 15 is 0 Å². The summed E-state index contributed by atoms with van der Waals surface area (Å²) in [5.74, 6) is 0.242. The Kier molecular flexibility index (Phi) is 5.11. The maximum absolute atomic E-state index is 12.8. The van der Waals surface area contributed by atoms with Crippen molar-refractivity contribution in [3.63, 3.8) is 0 Å². The smallest absolute Gasteiger partial charge is 0.269 e. The molecule has 1 saturated heterocycles. The van der Waals surface area contributed by atoms with E-state index in [2.05, 4.69) is 15.6 Å². The fourth-order valence-corrected chi connectivity index (χ4v) is 3.81. The molecule has 2 amide bonds. The van der Waals surface area contributed by atoms with E-state index in [-0.39, 0.29) is 23.6 Å². The Labute approximate surface area is 163 Å². The molecule has 4 atom stereocenters. The number of nitrogens with zero attached hydrogens (tertiary/aromatic N) is 1. The van der Waals surface area contributed by atoms with Crippen LogP contribution in [0.2, 0.25) is 0 Å². The molecule has 7 heteroatoms. The number of hydrogen-bond donors (Lipinski definition) is 2. The summed E-state index contributed by atoms with van der Waals surface area (Å²) in [6.45, 7) is 1.39. The van der Waals surface area contributed by atoms with Gasteiger partial charge in [0.2, 0.25) is 0 Å². The molecule has 28 heavy (non-hydrogen) atoms. The van der Waals surface area contributed by atoms with Crippen LogP contribution in [-0.4, -0.2) is 50.2 Å². The van der Waals surface area contributed by atoms with Crippen LogP contribution in [0.25, 0.3) is 0 Å². The summed E-state index contributed by atoms with van der Waals surface area (Å²) >= 11 is 0. The molecule has 1 aliphatic heterocycles. The zero-order valence-corrected chi connectivity index (χ0v) is 15.8. The lowest BCUT2D eigenvalue weighted by Gasteiger charge is -2.17. The molecule has 4 rings (SSSR count). The molecule has 0 spiro atoms. The Morgan fingerprint density at radius 2 is 1.86 bits per heavy atom. The number of fused-ring (bicyclic) bond motifs is 1. The predicted molar refractivity (Wildman–Crippen MR) is 102 cm³/mol. The molecule has 1 saturated carbocycles. The maximum Gasteiger partial charge on any atom is 0.269 e. The fraction of sp³-hybridized carbons (Fsp3) is 0.381. The molecular weight excluding hydrogens is 358 g/mol. The van der Waals surface area contributed by atoms with Crippen molar-refractivity contribution in [3.05, 3.63) is 65.0 Å². The molecule has 2 heterocycles. The largest absolute Gasteiger partial charge is 0.381 e. The first-order chi connectivity index (χ1) is 13.6. The summed E-state index contributed by atoms with van der Waals surface area (Å²) in [5, 5.41) is 5.63. The van der Waals surface area contributed by atoms with E-state index in [1.165, 1.54) is 13.1 Å². The van der Waals surface area contributed by atoms with Crippen molar-refractivity contribution in [3.8, 4) is 0 Å². The summed E-state index contributed by atoms with van der Waals surface area (Å²) in [4.78, 5) is 29.5. The minimum Gasteiger partial charge on any atom is -0.381 e. The molecule has 2 N–H and O–H groups in total. The van der Waals surface area contributed by atoms with E-state index in [0.29, 0.717) is 36.3 Å². The second kappa shape index (κ2) is 7.69. The van der Waals surface area contributed by atoms with Gasteiger partial charge in [-0.1, -0.05) is 30.3 Å². The molecule has 2 aliphatic rings. The van der Waals surface area contributed by atoms with E-state index in [9.17, 15) is 9.59 Å². The first-order valence-corrected chi connectivity index (χ1v) is 9.32. The first-order valence-electron chi connectivity index (χ1n) is 9.32. The average molecular weight is 381 g/mol. The van der Waals surface area contributed by atoms with Gasteiger partial charge in [0.25, 0.3) is 11.8 Å². The van der Waals surface area contributed by atoms with Crippen LogP contribution in [0.5, 0.6) is 0 Å². The Hall–Kier alpha value is -2.77. The number of hydrogen-bond acceptors (Lipinski definition) is 5. The van der Waals surface area contributed by atoms with Crippen LogP contribution in [0.15, 0.2) is 42.5 Å². The van der Waals surface area contributed by atoms with Gasteiger partial charge in [-0.15, -0.1) is 0 Å². The Morgan fingerprint density at radius 3 is 2.50 bits per heavy atom. The summed E-state index contributed by atoms with van der Waals surface area (Å²) in [6, 6.07) is 12.9. The highest BCUT2D eigenvalue weighted by molar-refractivity contribution is 5.99. The lowest BCUT2D eigenvalue weighted by molar-refractivity contribution is 0.0927. The summed E-state index contributed by atoms with van der Waals surface area (Å²) in [5.41, 5.74) is 1.99. The van der Waals surface area contributed by atoms with Gasteiger partial charge < -0.3 is 20.1 Å². The topological polar surface area (TPSA) is 89.6 Å². The number of benzene rings is 1. The van der Waals surface area contributed by atoms with E-state index in [0.717, 1.165) is 5.56 Å². The Balaban J connectivity index is 1.65. The van der Waals surface area contributed by atoms with Crippen LogP contribution in [0.4, 0.5) is 0 Å². The van der Waals surface area contributed by atoms with Gasteiger partial charge in [0, 0.05) is 37.6 Å². The zero-order valence-electron chi connectivity index (χ0n) is 15.8. The SMILES string of the molecule is CNC(=O)c1cc(C(=O)NC2[C@H]3COC[C@@H]23)cc([C@@H](OC)c2ccccc2)n1. The van der Waals surface area contributed by atoms with E-state index in [1.54, 1.807) is 13.2 Å². The molecule has 1 unspecified atom stereocenters. The normalized spacial score (nSPS) is 23.6. The van der Waals surface area contributed by atoms with Crippen molar-refractivity contribution in [2.45, 2.75) is 12.1 Å². The van der Waals surface area contributed by atoms with Gasteiger partial charge in [-0.25, -0.2) is 4.98 Å². The van der Waals surface area contributed by atoms with Crippen LogP contribution >= 0.6 is 0 Å². The molecule has 1 aromatic carbocycles. The Morgan fingerprint density at radius 1 is 1.14 bits per heavy atom. The molecule has 1 aromatic heterocycles. The molecule has 2 fully saturated rings. The Bertz CT molecular complexity index is 876. The van der Waals surface area contributed by atoms with Gasteiger partial charge in [-0.2, -0.15) is 0 Å². The number of carbonyl (C=O) groups excluding carboxylic acids is 2. The summed E-state index contributed by atoms with van der Waals surface area (Å²) in [7, 11) is 3.11. The van der Waals surface area contributed by atoms with Crippen molar-refractivity contribution < 1.29 is 19.1 Å². The minimum atomic E-state index is -0.480. The highest BCUT2D eigenvalue weighted by Crippen LogP contribution is 2.44. The van der Waals surface area contributed by atoms with Gasteiger partial charge in [-0.05, 0) is 17.7 Å². The number of amides is 2. The van der Waals surface area contributed by atoms with Gasteiger partial charge in [0.15, 0.2) is 0 Å². The second-order valence-corrected chi connectivity index (χ2v) is 7.14. The number of ether oxygens (including phenoxy) is 2. The van der Waals surface area contributed by atoms with Crippen molar-refractivity contribution in [1.29, 1.82) is 0 Å². The third-order valence-electron chi connectivity index (χ3n) is 5.42. The molecule has 1 aliphatic carbocycles.